The highest BCUT2D eigenvalue weighted by Crippen LogP contribution is 2.13. The SMILES string of the molecule is CCC(=O)C(Cc1ccc(OC)cc1)NNC. The van der Waals surface area contributed by atoms with Gasteiger partial charge in [-0.1, -0.05) is 19.1 Å². The van der Waals surface area contributed by atoms with Gasteiger partial charge < -0.3 is 4.74 Å². The third kappa shape index (κ3) is 4.17. The normalized spacial score (nSPS) is 12.2. The summed E-state index contributed by atoms with van der Waals surface area (Å²) in [6, 6.07) is 7.58. The van der Waals surface area contributed by atoms with Crippen LogP contribution in [0.15, 0.2) is 24.3 Å². The summed E-state index contributed by atoms with van der Waals surface area (Å²) in [6.45, 7) is 1.88. The van der Waals surface area contributed by atoms with Gasteiger partial charge in [-0.05, 0) is 31.2 Å². The summed E-state index contributed by atoms with van der Waals surface area (Å²) in [5, 5.41) is 0. The van der Waals surface area contributed by atoms with Crippen molar-refractivity contribution in [2.75, 3.05) is 14.2 Å². The first-order chi connectivity index (χ1) is 8.21. The third-order valence-electron chi connectivity index (χ3n) is 2.65. The van der Waals surface area contributed by atoms with Gasteiger partial charge in [0.15, 0.2) is 5.78 Å². The largest absolute Gasteiger partial charge is 0.497 e. The van der Waals surface area contributed by atoms with Crippen LogP contribution in [-0.2, 0) is 11.2 Å². The van der Waals surface area contributed by atoms with Crippen molar-refractivity contribution in [3.8, 4) is 5.75 Å². The van der Waals surface area contributed by atoms with Crippen LogP contribution >= 0.6 is 0 Å². The van der Waals surface area contributed by atoms with Gasteiger partial charge in [-0.25, -0.2) is 5.43 Å². The van der Waals surface area contributed by atoms with Gasteiger partial charge in [0.1, 0.15) is 5.75 Å². The first-order valence-corrected chi connectivity index (χ1v) is 5.79. The van der Waals surface area contributed by atoms with Crippen LogP contribution in [0.4, 0.5) is 0 Å². The van der Waals surface area contributed by atoms with Crippen molar-refractivity contribution < 1.29 is 9.53 Å². The minimum atomic E-state index is -0.182. The number of benzene rings is 1. The zero-order valence-electron chi connectivity index (χ0n) is 10.6. The molecule has 0 heterocycles. The molecule has 1 aromatic carbocycles. The molecule has 2 N–H and O–H groups in total. The molecule has 94 valence electrons. The fraction of sp³-hybridized carbons (Fsp3) is 0.462. The van der Waals surface area contributed by atoms with E-state index in [1.54, 1.807) is 14.2 Å². The maximum Gasteiger partial charge on any atom is 0.151 e. The van der Waals surface area contributed by atoms with Crippen LogP contribution in [0.1, 0.15) is 18.9 Å². The summed E-state index contributed by atoms with van der Waals surface area (Å²) < 4.78 is 5.10. The summed E-state index contributed by atoms with van der Waals surface area (Å²) in [5.74, 6) is 1.03. The van der Waals surface area contributed by atoms with Gasteiger partial charge >= 0.3 is 0 Å². The molecule has 0 aliphatic heterocycles. The Morgan fingerprint density at radius 3 is 2.47 bits per heavy atom. The molecule has 0 aliphatic carbocycles. The molecular weight excluding hydrogens is 216 g/mol. The molecular formula is C13H20N2O2. The highest BCUT2D eigenvalue weighted by molar-refractivity contribution is 5.83. The molecule has 0 amide bonds. The van der Waals surface area contributed by atoms with Gasteiger partial charge in [0, 0.05) is 6.42 Å². The van der Waals surface area contributed by atoms with E-state index in [1.807, 2.05) is 31.2 Å². The second-order valence-electron chi connectivity index (χ2n) is 3.82. The number of ketones is 1. The van der Waals surface area contributed by atoms with Crippen molar-refractivity contribution in [2.24, 2.45) is 0 Å². The molecule has 0 bridgehead atoms. The Morgan fingerprint density at radius 2 is 2.00 bits per heavy atom. The zero-order chi connectivity index (χ0) is 12.7. The Labute approximate surface area is 102 Å². The smallest absolute Gasteiger partial charge is 0.151 e. The number of carbonyl (C=O) groups excluding carboxylic acids is 1. The topological polar surface area (TPSA) is 50.4 Å². The van der Waals surface area contributed by atoms with Crippen LogP contribution in [0.25, 0.3) is 0 Å². The molecule has 1 aromatic rings. The molecule has 4 heteroatoms. The Bertz CT molecular complexity index is 349. The number of ether oxygens (including phenoxy) is 1. The number of hydrogen-bond acceptors (Lipinski definition) is 4. The number of hydrazine groups is 1. The number of rotatable bonds is 7. The number of Topliss-reactive ketones (excluding diaryl/α,β-unsaturated/α-hetero) is 1. The fourth-order valence-corrected chi connectivity index (χ4v) is 1.66. The summed E-state index contributed by atoms with van der Waals surface area (Å²) in [7, 11) is 3.41. The summed E-state index contributed by atoms with van der Waals surface area (Å²) in [5.41, 5.74) is 6.92. The zero-order valence-corrected chi connectivity index (χ0v) is 10.6. The third-order valence-corrected chi connectivity index (χ3v) is 2.65. The molecule has 4 nitrogen and oxygen atoms in total. The Kier molecular flexibility index (Phi) is 5.66. The molecule has 0 saturated carbocycles. The van der Waals surface area contributed by atoms with Gasteiger partial charge in [-0.3, -0.25) is 10.2 Å². The van der Waals surface area contributed by atoms with E-state index in [-0.39, 0.29) is 11.8 Å². The van der Waals surface area contributed by atoms with Gasteiger partial charge in [0.25, 0.3) is 0 Å². The molecule has 0 aliphatic rings. The van der Waals surface area contributed by atoms with Crippen LogP contribution in [-0.4, -0.2) is 26.0 Å². The van der Waals surface area contributed by atoms with Crippen molar-refractivity contribution in [1.82, 2.24) is 10.9 Å². The van der Waals surface area contributed by atoms with Crippen LogP contribution in [0.3, 0.4) is 0 Å². The molecule has 0 spiro atoms. The molecule has 1 unspecified atom stereocenters. The lowest BCUT2D eigenvalue weighted by Crippen LogP contribution is -2.44. The predicted molar refractivity (Wildman–Crippen MR) is 68.0 cm³/mol. The molecule has 0 radical (unpaired) electrons. The van der Waals surface area contributed by atoms with Crippen LogP contribution < -0.4 is 15.6 Å². The predicted octanol–water partition coefficient (Wildman–Crippen LogP) is 1.31. The van der Waals surface area contributed by atoms with Crippen molar-refractivity contribution >= 4 is 5.78 Å². The van der Waals surface area contributed by atoms with E-state index >= 15 is 0 Å². The van der Waals surface area contributed by atoms with Crippen LogP contribution in [0.2, 0.25) is 0 Å². The monoisotopic (exact) mass is 236 g/mol. The van der Waals surface area contributed by atoms with Gasteiger partial charge in [0.05, 0.1) is 13.2 Å². The van der Waals surface area contributed by atoms with E-state index < -0.39 is 0 Å². The van der Waals surface area contributed by atoms with E-state index in [2.05, 4.69) is 10.9 Å². The Balaban J connectivity index is 2.68. The van der Waals surface area contributed by atoms with E-state index in [1.165, 1.54) is 0 Å². The first kappa shape index (κ1) is 13.7. The average Bonchev–Trinajstić information content (AvgIpc) is 2.38. The summed E-state index contributed by atoms with van der Waals surface area (Å²) >= 11 is 0. The number of carbonyl (C=O) groups is 1. The standard InChI is InChI=1S/C13H20N2O2/c1-4-13(16)12(15-14-2)9-10-5-7-11(17-3)8-6-10/h5-8,12,14-15H,4,9H2,1-3H3. The number of nitrogens with one attached hydrogen (secondary N) is 2. The highest BCUT2D eigenvalue weighted by atomic mass is 16.5. The Hall–Kier alpha value is -1.39. The molecule has 17 heavy (non-hydrogen) atoms. The lowest BCUT2D eigenvalue weighted by molar-refractivity contribution is -0.121. The van der Waals surface area contributed by atoms with Crippen LogP contribution in [0, 0.1) is 0 Å². The second-order valence-corrected chi connectivity index (χ2v) is 3.82. The van der Waals surface area contributed by atoms with Crippen LogP contribution in [0.5, 0.6) is 5.75 Å². The van der Waals surface area contributed by atoms with Gasteiger partial charge in [0.2, 0.25) is 0 Å². The first-order valence-electron chi connectivity index (χ1n) is 5.79. The van der Waals surface area contributed by atoms with E-state index in [0.717, 1.165) is 11.3 Å². The Morgan fingerprint density at radius 1 is 1.35 bits per heavy atom. The minimum absolute atomic E-state index is 0.182. The molecule has 1 rings (SSSR count). The van der Waals surface area contributed by atoms with Crippen molar-refractivity contribution in [1.29, 1.82) is 0 Å². The number of methoxy groups -OCH3 is 1. The molecule has 0 saturated heterocycles. The maximum atomic E-state index is 11.7. The minimum Gasteiger partial charge on any atom is -0.497 e. The maximum absolute atomic E-state index is 11.7. The van der Waals surface area contributed by atoms with Crippen molar-refractivity contribution in [3.05, 3.63) is 29.8 Å². The molecule has 0 fully saturated rings. The van der Waals surface area contributed by atoms with E-state index in [9.17, 15) is 4.79 Å². The number of hydrogen-bond donors (Lipinski definition) is 2. The second kappa shape index (κ2) is 7.04. The lowest BCUT2D eigenvalue weighted by atomic mass is 10.0. The quantitative estimate of drug-likeness (QED) is 0.701. The lowest BCUT2D eigenvalue weighted by Gasteiger charge is -2.16. The van der Waals surface area contributed by atoms with Crippen molar-refractivity contribution in [2.45, 2.75) is 25.8 Å². The summed E-state index contributed by atoms with van der Waals surface area (Å²) in [4.78, 5) is 11.7. The molecule has 1 atom stereocenters. The fourth-order valence-electron chi connectivity index (χ4n) is 1.66. The van der Waals surface area contributed by atoms with E-state index in [4.69, 9.17) is 4.74 Å². The molecule has 0 aromatic heterocycles. The highest BCUT2D eigenvalue weighted by Gasteiger charge is 2.15. The van der Waals surface area contributed by atoms with Gasteiger partial charge in [-0.15, -0.1) is 0 Å². The van der Waals surface area contributed by atoms with Gasteiger partial charge in [-0.2, -0.15) is 0 Å². The summed E-state index contributed by atoms with van der Waals surface area (Å²) in [6.07, 6.45) is 1.22. The average molecular weight is 236 g/mol. The van der Waals surface area contributed by atoms with Crippen molar-refractivity contribution in [3.63, 3.8) is 0 Å². The van der Waals surface area contributed by atoms with E-state index in [0.29, 0.717) is 12.8 Å².